The van der Waals surface area contributed by atoms with Crippen molar-refractivity contribution in [2.75, 3.05) is 7.05 Å². The molecule has 112 valence electrons. The molecule has 0 aliphatic carbocycles. The first kappa shape index (κ1) is 14.7. The third kappa shape index (κ3) is 3.50. The molecule has 0 unspecified atom stereocenters. The summed E-state index contributed by atoms with van der Waals surface area (Å²) in [5, 5.41) is 4.47. The molecule has 1 aromatic heterocycles. The van der Waals surface area contributed by atoms with Crippen LogP contribution in [-0.2, 0) is 13.2 Å². The van der Waals surface area contributed by atoms with Crippen LogP contribution in [0.2, 0.25) is 0 Å². The first-order valence-electron chi connectivity index (χ1n) is 7.08. The topological polar surface area (TPSA) is 34.2 Å². The van der Waals surface area contributed by atoms with Gasteiger partial charge in [0.1, 0.15) is 0 Å². The van der Waals surface area contributed by atoms with Crippen molar-refractivity contribution >= 4 is 12.2 Å². The second-order valence-corrected chi connectivity index (χ2v) is 5.53. The minimum atomic E-state index is 0.388. The third-order valence-corrected chi connectivity index (χ3v) is 3.59. The molecule has 1 heterocycles. The fourth-order valence-corrected chi connectivity index (χ4v) is 2.44. The van der Waals surface area contributed by atoms with E-state index in [9.17, 15) is 0 Å². The molecule has 0 bridgehead atoms. The van der Waals surface area contributed by atoms with Crippen molar-refractivity contribution in [3.8, 4) is 11.5 Å². The van der Waals surface area contributed by atoms with Crippen LogP contribution in [0.15, 0.2) is 65.1 Å². The molecule has 0 fully saturated rings. The van der Waals surface area contributed by atoms with Crippen molar-refractivity contribution < 1.29 is 4.42 Å². The molecule has 0 saturated heterocycles. The summed E-state index contributed by atoms with van der Waals surface area (Å²) < 4.78 is 7.30. The van der Waals surface area contributed by atoms with Gasteiger partial charge in [0, 0.05) is 12.1 Å². The molecule has 0 N–H and O–H groups in total. The van der Waals surface area contributed by atoms with Crippen LogP contribution in [-0.4, -0.2) is 21.7 Å². The quantitative estimate of drug-likeness (QED) is 0.668. The van der Waals surface area contributed by atoms with E-state index in [4.69, 9.17) is 16.6 Å². The minimum Gasteiger partial charge on any atom is -0.409 e. The molecular weight excluding hydrogens is 294 g/mol. The fourth-order valence-electron chi connectivity index (χ4n) is 2.27. The number of aromatic nitrogens is 2. The van der Waals surface area contributed by atoms with Crippen LogP contribution < -0.4 is 0 Å². The van der Waals surface area contributed by atoms with Crippen LogP contribution in [0, 0.1) is 4.84 Å². The minimum absolute atomic E-state index is 0.388. The molecule has 0 saturated carbocycles. The molecule has 3 aromatic rings. The lowest BCUT2D eigenvalue weighted by Crippen LogP contribution is -2.22. The van der Waals surface area contributed by atoms with Crippen molar-refractivity contribution in [3.63, 3.8) is 0 Å². The maximum Gasteiger partial charge on any atom is 0.288 e. The SMILES string of the molecule is CN(Cc1ccccc1)Cn1nc(-c2ccccc2)oc1=S. The van der Waals surface area contributed by atoms with Gasteiger partial charge in [-0.3, -0.25) is 4.90 Å². The summed E-state index contributed by atoms with van der Waals surface area (Å²) in [6, 6.07) is 20.1. The number of hydrogen-bond acceptors (Lipinski definition) is 4. The highest BCUT2D eigenvalue weighted by Gasteiger charge is 2.09. The number of benzene rings is 2. The summed E-state index contributed by atoms with van der Waals surface area (Å²) in [7, 11) is 2.03. The first-order chi connectivity index (χ1) is 10.7. The first-order valence-corrected chi connectivity index (χ1v) is 7.49. The van der Waals surface area contributed by atoms with Gasteiger partial charge >= 0.3 is 0 Å². The highest BCUT2D eigenvalue weighted by Crippen LogP contribution is 2.17. The summed E-state index contributed by atoms with van der Waals surface area (Å²) in [5.41, 5.74) is 2.18. The lowest BCUT2D eigenvalue weighted by atomic mass is 10.2. The van der Waals surface area contributed by atoms with Gasteiger partial charge in [-0.1, -0.05) is 48.5 Å². The van der Waals surface area contributed by atoms with E-state index < -0.39 is 0 Å². The standard InChI is InChI=1S/C17H17N3OS/c1-19(12-14-8-4-2-5-9-14)13-20-17(22)21-16(18-20)15-10-6-3-7-11-15/h2-11H,12-13H2,1H3. The van der Waals surface area contributed by atoms with Gasteiger partial charge in [-0.2, -0.15) is 0 Å². The van der Waals surface area contributed by atoms with Gasteiger partial charge in [-0.05, 0) is 37.0 Å². The van der Waals surface area contributed by atoms with E-state index in [1.54, 1.807) is 4.68 Å². The van der Waals surface area contributed by atoms with E-state index in [2.05, 4.69) is 22.1 Å². The molecule has 2 aromatic carbocycles. The molecule has 0 aliphatic heterocycles. The number of rotatable bonds is 5. The van der Waals surface area contributed by atoms with Crippen LogP contribution >= 0.6 is 12.2 Å². The molecular formula is C17H17N3OS. The highest BCUT2D eigenvalue weighted by molar-refractivity contribution is 7.71. The fraction of sp³-hybridized carbons (Fsp3) is 0.176. The Hall–Kier alpha value is -2.24. The Morgan fingerprint density at radius 1 is 1.05 bits per heavy atom. The van der Waals surface area contributed by atoms with Gasteiger partial charge in [-0.25, -0.2) is 4.68 Å². The van der Waals surface area contributed by atoms with Crippen molar-refractivity contribution in [1.29, 1.82) is 0 Å². The number of nitrogens with zero attached hydrogens (tertiary/aromatic N) is 3. The summed E-state index contributed by atoms with van der Waals surface area (Å²) >= 11 is 5.26. The maximum atomic E-state index is 5.59. The third-order valence-electron chi connectivity index (χ3n) is 3.30. The molecule has 0 atom stereocenters. The van der Waals surface area contributed by atoms with Crippen molar-refractivity contribution in [2.45, 2.75) is 13.2 Å². The Bertz CT molecular complexity index is 780. The molecule has 3 rings (SSSR count). The average Bonchev–Trinajstić information content (AvgIpc) is 2.90. The zero-order valence-electron chi connectivity index (χ0n) is 12.3. The van der Waals surface area contributed by atoms with E-state index in [1.165, 1.54) is 5.56 Å². The molecule has 0 spiro atoms. The Labute approximate surface area is 134 Å². The largest absolute Gasteiger partial charge is 0.409 e. The van der Waals surface area contributed by atoms with Gasteiger partial charge in [0.25, 0.3) is 4.84 Å². The van der Waals surface area contributed by atoms with Crippen molar-refractivity contribution in [1.82, 2.24) is 14.7 Å². The van der Waals surface area contributed by atoms with Crippen molar-refractivity contribution in [3.05, 3.63) is 71.1 Å². The Balaban J connectivity index is 1.73. The van der Waals surface area contributed by atoms with Crippen LogP contribution in [0.1, 0.15) is 5.56 Å². The molecule has 0 aliphatic rings. The van der Waals surface area contributed by atoms with E-state index in [0.717, 1.165) is 12.1 Å². The Morgan fingerprint density at radius 3 is 2.36 bits per heavy atom. The number of hydrogen-bond donors (Lipinski definition) is 0. The van der Waals surface area contributed by atoms with Gasteiger partial charge in [0.15, 0.2) is 0 Å². The molecule has 5 heteroatoms. The van der Waals surface area contributed by atoms with Crippen LogP contribution in [0.3, 0.4) is 0 Å². The maximum absolute atomic E-state index is 5.59. The van der Waals surface area contributed by atoms with E-state index in [-0.39, 0.29) is 0 Å². The Morgan fingerprint density at radius 2 is 1.68 bits per heavy atom. The molecule has 0 amide bonds. The molecule has 4 nitrogen and oxygen atoms in total. The summed E-state index contributed by atoms with van der Waals surface area (Å²) in [5.74, 6) is 0.554. The molecule has 0 radical (unpaired) electrons. The van der Waals surface area contributed by atoms with E-state index in [1.807, 2.05) is 55.6 Å². The smallest absolute Gasteiger partial charge is 0.288 e. The normalized spacial score (nSPS) is 11.0. The second kappa shape index (κ2) is 6.68. The monoisotopic (exact) mass is 311 g/mol. The Kier molecular flexibility index (Phi) is 4.46. The summed E-state index contributed by atoms with van der Waals surface area (Å²) in [4.78, 5) is 2.53. The predicted molar refractivity (Wildman–Crippen MR) is 88.7 cm³/mol. The van der Waals surface area contributed by atoms with Crippen molar-refractivity contribution in [2.24, 2.45) is 0 Å². The van der Waals surface area contributed by atoms with E-state index in [0.29, 0.717) is 17.4 Å². The zero-order valence-corrected chi connectivity index (χ0v) is 13.2. The van der Waals surface area contributed by atoms with Crippen LogP contribution in [0.5, 0.6) is 0 Å². The molecule has 22 heavy (non-hydrogen) atoms. The van der Waals surface area contributed by atoms with Gasteiger partial charge in [0.05, 0.1) is 6.67 Å². The summed E-state index contributed by atoms with van der Waals surface area (Å²) in [6.45, 7) is 1.42. The lowest BCUT2D eigenvalue weighted by molar-refractivity contribution is 0.240. The highest BCUT2D eigenvalue weighted by atomic mass is 32.1. The van der Waals surface area contributed by atoms with E-state index >= 15 is 0 Å². The van der Waals surface area contributed by atoms with Crippen LogP contribution in [0.25, 0.3) is 11.5 Å². The zero-order chi connectivity index (χ0) is 15.4. The van der Waals surface area contributed by atoms with Gasteiger partial charge in [-0.15, -0.1) is 5.10 Å². The van der Waals surface area contributed by atoms with Crippen LogP contribution in [0.4, 0.5) is 0 Å². The van der Waals surface area contributed by atoms with Gasteiger partial charge in [0.2, 0.25) is 5.89 Å². The second-order valence-electron chi connectivity index (χ2n) is 5.18. The average molecular weight is 311 g/mol. The lowest BCUT2D eigenvalue weighted by Gasteiger charge is -2.15. The summed E-state index contributed by atoms with van der Waals surface area (Å²) in [6.07, 6.45) is 0. The predicted octanol–water partition coefficient (Wildman–Crippen LogP) is 3.96. The van der Waals surface area contributed by atoms with Gasteiger partial charge < -0.3 is 4.42 Å².